The van der Waals surface area contributed by atoms with Gasteiger partial charge in [-0.25, -0.2) is 0 Å². The van der Waals surface area contributed by atoms with Crippen molar-refractivity contribution in [3.05, 3.63) is 12.7 Å². The van der Waals surface area contributed by atoms with Crippen molar-refractivity contribution in [3.63, 3.8) is 0 Å². The fourth-order valence-corrected chi connectivity index (χ4v) is 0.953. The maximum atomic E-state index is 5.77. The average molecular weight is 146 g/mol. The number of rotatable bonds is 6. The van der Waals surface area contributed by atoms with Crippen LogP contribution in [0.1, 0.15) is 26.2 Å². The Morgan fingerprint density at radius 1 is 1.36 bits per heavy atom. The molecule has 0 rings (SSSR count). The molecule has 4 radical (unpaired) electrons. The molecule has 0 fully saturated rings. The van der Waals surface area contributed by atoms with Gasteiger partial charge in [0.25, 0.3) is 0 Å². The molecule has 0 aliphatic rings. The fraction of sp³-hybridized carbons (Fsp3) is 0.778. The van der Waals surface area contributed by atoms with Crippen LogP contribution in [0.25, 0.3) is 0 Å². The third kappa shape index (κ3) is 6.28. The Kier molecular flexibility index (Phi) is 6.49. The van der Waals surface area contributed by atoms with Gasteiger partial charge in [-0.05, 0) is 12.3 Å². The summed E-state index contributed by atoms with van der Waals surface area (Å²) in [7, 11) is 11.1. The third-order valence-corrected chi connectivity index (χ3v) is 1.93. The molecular formula is C9H16B2. The van der Waals surface area contributed by atoms with E-state index >= 15 is 0 Å². The normalized spacial score (nSPS) is 15.7. The summed E-state index contributed by atoms with van der Waals surface area (Å²) in [4.78, 5) is 0. The van der Waals surface area contributed by atoms with Crippen molar-refractivity contribution < 1.29 is 0 Å². The lowest BCUT2D eigenvalue weighted by atomic mass is 9.76. The fourth-order valence-electron chi connectivity index (χ4n) is 0.953. The zero-order chi connectivity index (χ0) is 8.69. The third-order valence-electron chi connectivity index (χ3n) is 1.93. The van der Waals surface area contributed by atoms with Gasteiger partial charge in [0.05, 0.1) is 15.7 Å². The second kappa shape index (κ2) is 6.57. The molecule has 0 bridgehead atoms. The summed E-state index contributed by atoms with van der Waals surface area (Å²) in [6, 6.07) is 0. The molecule has 0 aromatic rings. The molecular weight excluding hydrogens is 130 g/mol. The monoisotopic (exact) mass is 146 g/mol. The van der Waals surface area contributed by atoms with Crippen LogP contribution in [0.15, 0.2) is 12.7 Å². The van der Waals surface area contributed by atoms with E-state index in [9.17, 15) is 0 Å². The zero-order valence-corrected chi connectivity index (χ0v) is 7.42. The van der Waals surface area contributed by atoms with E-state index in [1.54, 1.807) is 0 Å². The van der Waals surface area contributed by atoms with Gasteiger partial charge >= 0.3 is 0 Å². The van der Waals surface area contributed by atoms with Crippen molar-refractivity contribution in [2.24, 2.45) is 5.92 Å². The SMILES string of the molecule is [B]CCC([B])CCC(C)C=C. The van der Waals surface area contributed by atoms with Gasteiger partial charge in [-0.2, -0.15) is 0 Å². The Morgan fingerprint density at radius 3 is 2.45 bits per heavy atom. The van der Waals surface area contributed by atoms with E-state index in [0.29, 0.717) is 12.2 Å². The van der Waals surface area contributed by atoms with Crippen LogP contribution < -0.4 is 0 Å². The molecule has 0 N–H and O–H groups in total. The average Bonchev–Trinajstić information content (AvgIpc) is 2.01. The van der Waals surface area contributed by atoms with E-state index in [-0.39, 0.29) is 5.82 Å². The minimum Gasteiger partial charge on any atom is -0.103 e. The topological polar surface area (TPSA) is 0 Å². The van der Waals surface area contributed by atoms with Gasteiger partial charge in [-0.15, -0.1) is 6.58 Å². The molecule has 0 aliphatic carbocycles. The van der Waals surface area contributed by atoms with Crippen molar-refractivity contribution >= 4 is 15.7 Å². The Bertz CT molecular complexity index is 102. The van der Waals surface area contributed by atoms with Crippen LogP contribution in [0.2, 0.25) is 12.1 Å². The Labute approximate surface area is 73.3 Å². The first-order chi connectivity index (χ1) is 5.20. The van der Waals surface area contributed by atoms with E-state index in [0.717, 1.165) is 19.3 Å². The summed E-state index contributed by atoms with van der Waals surface area (Å²) in [6.45, 7) is 5.87. The first-order valence-corrected chi connectivity index (χ1v) is 4.29. The molecule has 2 atom stereocenters. The van der Waals surface area contributed by atoms with Crippen LogP contribution in [-0.4, -0.2) is 15.7 Å². The van der Waals surface area contributed by atoms with Crippen LogP contribution in [0.4, 0.5) is 0 Å². The van der Waals surface area contributed by atoms with Crippen LogP contribution in [0, 0.1) is 5.92 Å². The standard InChI is InChI=1S/C9H16B2/c1-3-8(2)4-5-9(11)6-7-10/h3,8-9H,1,4-7H2,2H3. The highest BCUT2D eigenvalue weighted by molar-refractivity contribution is 6.13. The van der Waals surface area contributed by atoms with Gasteiger partial charge in [0, 0.05) is 0 Å². The Hall–Kier alpha value is -0.130. The summed E-state index contributed by atoms with van der Waals surface area (Å²) in [5.74, 6) is 0.862. The molecule has 0 aromatic carbocycles. The minimum absolute atomic E-state index is 0.280. The lowest BCUT2D eigenvalue weighted by Gasteiger charge is -2.11. The van der Waals surface area contributed by atoms with Gasteiger partial charge in [-0.1, -0.05) is 38.0 Å². The van der Waals surface area contributed by atoms with E-state index in [2.05, 4.69) is 13.5 Å². The maximum Gasteiger partial charge on any atom is 0.0699 e. The molecule has 0 nitrogen and oxygen atoms in total. The molecule has 2 heteroatoms. The van der Waals surface area contributed by atoms with Crippen LogP contribution in [0.5, 0.6) is 0 Å². The predicted molar refractivity (Wildman–Crippen MR) is 53.3 cm³/mol. The molecule has 0 amide bonds. The van der Waals surface area contributed by atoms with Crippen LogP contribution in [-0.2, 0) is 0 Å². The summed E-state index contributed by atoms with van der Waals surface area (Å²) >= 11 is 0. The highest BCUT2D eigenvalue weighted by Gasteiger charge is 2.02. The van der Waals surface area contributed by atoms with E-state index < -0.39 is 0 Å². The summed E-state index contributed by atoms with van der Waals surface area (Å²) < 4.78 is 0. The van der Waals surface area contributed by atoms with Crippen molar-refractivity contribution in [2.75, 3.05) is 0 Å². The van der Waals surface area contributed by atoms with Crippen molar-refractivity contribution in [2.45, 2.75) is 38.3 Å². The van der Waals surface area contributed by atoms with Crippen LogP contribution in [0.3, 0.4) is 0 Å². The number of hydrogen-bond acceptors (Lipinski definition) is 0. The first-order valence-electron chi connectivity index (χ1n) is 4.29. The smallest absolute Gasteiger partial charge is 0.0699 e. The van der Waals surface area contributed by atoms with Gasteiger partial charge in [0.2, 0.25) is 0 Å². The Balaban J connectivity index is 3.29. The summed E-state index contributed by atoms with van der Waals surface area (Å²) in [5.41, 5.74) is 0. The van der Waals surface area contributed by atoms with Gasteiger partial charge in [0.15, 0.2) is 0 Å². The molecule has 58 valence electrons. The van der Waals surface area contributed by atoms with Crippen molar-refractivity contribution in [1.82, 2.24) is 0 Å². The quantitative estimate of drug-likeness (QED) is 0.398. The maximum absolute atomic E-state index is 5.77. The largest absolute Gasteiger partial charge is 0.103 e. The summed E-state index contributed by atoms with van der Waals surface area (Å²) in [6.07, 6.45) is 5.79. The minimum atomic E-state index is 0.280. The van der Waals surface area contributed by atoms with E-state index in [1.165, 1.54) is 0 Å². The Morgan fingerprint density at radius 2 is 2.00 bits per heavy atom. The lowest BCUT2D eigenvalue weighted by molar-refractivity contribution is 0.576. The number of allylic oxidation sites excluding steroid dienone is 1. The molecule has 2 unspecified atom stereocenters. The molecule has 0 aromatic heterocycles. The second-order valence-corrected chi connectivity index (χ2v) is 3.13. The molecule has 0 spiro atoms. The van der Waals surface area contributed by atoms with E-state index in [1.807, 2.05) is 6.08 Å². The van der Waals surface area contributed by atoms with Crippen molar-refractivity contribution in [3.8, 4) is 0 Å². The second-order valence-electron chi connectivity index (χ2n) is 3.13. The highest BCUT2D eigenvalue weighted by atomic mass is 14.0. The molecule has 11 heavy (non-hydrogen) atoms. The van der Waals surface area contributed by atoms with Gasteiger partial charge in [-0.3, -0.25) is 0 Å². The summed E-state index contributed by atoms with van der Waals surface area (Å²) in [5, 5.41) is 0. The predicted octanol–water partition coefficient (Wildman–Crippen LogP) is 2.52. The van der Waals surface area contributed by atoms with E-state index in [4.69, 9.17) is 15.7 Å². The van der Waals surface area contributed by atoms with Crippen LogP contribution >= 0.6 is 0 Å². The number of hydrogen-bond donors (Lipinski definition) is 0. The van der Waals surface area contributed by atoms with Gasteiger partial charge in [0.1, 0.15) is 0 Å². The van der Waals surface area contributed by atoms with Crippen molar-refractivity contribution in [1.29, 1.82) is 0 Å². The molecule has 0 saturated carbocycles. The zero-order valence-electron chi connectivity index (χ0n) is 7.42. The molecule has 0 heterocycles. The highest BCUT2D eigenvalue weighted by Crippen LogP contribution is 2.19. The van der Waals surface area contributed by atoms with Gasteiger partial charge < -0.3 is 0 Å². The molecule has 0 aliphatic heterocycles. The first kappa shape index (κ1) is 10.9. The molecule has 0 saturated heterocycles. The lowest BCUT2D eigenvalue weighted by Crippen LogP contribution is -1.96.